The van der Waals surface area contributed by atoms with Gasteiger partial charge in [-0.25, -0.2) is 4.98 Å². The summed E-state index contributed by atoms with van der Waals surface area (Å²) in [5.41, 5.74) is 8.87. The summed E-state index contributed by atoms with van der Waals surface area (Å²) in [6.45, 7) is 2.61. The molecule has 3 N–H and O–H groups in total. The van der Waals surface area contributed by atoms with Crippen molar-refractivity contribution in [1.29, 1.82) is 0 Å². The maximum atomic E-state index is 5.57. The van der Waals surface area contributed by atoms with Crippen LogP contribution in [-0.2, 0) is 13.5 Å². The SMILES string of the molecule is Cc1nc(-c2ccn(C)c2)c(CCN)[nH]1. The fourth-order valence-corrected chi connectivity index (χ4v) is 1.75. The van der Waals surface area contributed by atoms with E-state index in [2.05, 4.69) is 22.2 Å². The van der Waals surface area contributed by atoms with Crippen LogP contribution in [0.4, 0.5) is 0 Å². The van der Waals surface area contributed by atoms with Crippen LogP contribution >= 0.6 is 0 Å². The second-order valence-corrected chi connectivity index (χ2v) is 3.75. The third-order valence-corrected chi connectivity index (χ3v) is 2.40. The molecule has 0 amide bonds. The Hall–Kier alpha value is -1.55. The molecular weight excluding hydrogens is 188 g/mol. The zero-order chi connectivity index (χ0) is 10.8. The summed E-state index contributed by atoms with van der Waals surface area (Å²) in [7, 11) is 2.01. The summed E-state index contributed by atoms with van der Waals surface area (Å²) < 4.78 is 2.02. The molecule has 0 aromatic carbocycles. The summed E-state index contributed by atoms with van der Waals surface area (Å²) in [6.07, 6.45) is 4.92. The van der Waals surface area contributed by atoms with Gasteiger partial charge in [-0.1, -0.05) is 0 Å². The lowest BCUT2D eigenvalue weighted by atomic mass is 10.1. The Kier molecular flexibility index (Phi) is 2.60. The topological polar surface area (TPSA) is 59.6 Å². The van der Waals surface area contributed by atoms with Crippen LogP contribution in [0.3, 0.4) is 0 Å². The van der Waals surface area contributed by atoms with Gasteiger partial charge in [-0.3, -0.25) is 0 Å². The summed E-state index contributed by atoms with van der Waals surface area (Å²) >= 11 is 0. The molecule has 15 heavy (non-hydrogen) atoms. The Morgan fingerprint density at radius 2 is 2.33 bits per heavy atom. The van der Waals surface area contributed by atoms with Crippen LogP contribution in [0.15, 0.2) is 18.5 Å². The first-order chi connectivity index (χ1) is 7.20. The number of hydrogen-bond donors (Lipinski definition) is 2. The average Bonchev–Trinajstić information content (AvgIpc) is 2.73. The van der Waals surface area contributed by atoms with E-state index in [-0.39, 0.29) is 0 Å². The minimum absolute atomic E-state index is 0.640. The van der Waals surface area contributed by atoms with Gasteiger partial charge in [-0.15, -0.1) is 0 Å². The summed E-state index contributed by atoms with van der Waals surface area (Å²) in [5, 5.41) is 0. The van der Waals surface area contributed by atoms with Crippen molar-refractivity contribution in [3.63, 3.8) is 0 Å². The van der Waals surface area contributed by atoms with Crippen molar-refractivity contribution in [2.75, 3.05) is 6.54 Å². The highest BCUT2D eigenvalue weighted by Gasteiger charge is 2.10. The molecule has 0 fully saturated rings. The Morgan fingerprint density at radius 3 is 2.93 bits per heavy atom. The largest absolute Gasteiger partial charge is 0.357 e. The second-order valence-electron chi connectivity index (χ2n) is 3.75. The van der Waals surface area contributed by atoms with Gasteiger partial charge in [-0.2, -0.15) is 0 Å². The van der Waals surface area contributed by atoms with E-state index in [1.165, 1.54) is 0 Å². The zero-order valence-corrected chi connectivity index (χ0v) is 9.12. The van der Waals surface area contributed by atoms with Crippen LogP contribution < -0.4 is 5.73 Å². The summed E-state index contributed by atoms with van der Waals surface area (Å²) in [5.74, 6) is 0.942. The van der Waals surface area contributed by atoms with Crippen molar-refractivity contribution in [2.45, 2.75) is 13.3 Å². The molecule has 4 heteroatoms. The van der Waals surface area contributed by atoms with E-state index in [9.17, 15) is 0 Å². The van der Waals surface area contributed by atoms with E-state index in [1.807, 2.05) is 24.7 Å². The summed E-state index contributed by atoms with van der Waals surface area (Å²) in [6, 6.07) is 2.07. The van der Waals surface area contributed by atoms with Gasteiger partial charge in [0.25, 0.3) is 0 Å². The van der Waals surface area contributed by atoms with Gasteiger partial charge in [0.1, 0.15) is 5.82 Å². The van der Waals surface area contributed by atoms with E-state index in [0.29, 0.717) is 6.54 Å². The van der Waals surface area contributed by atoms with E-state index < -0.39 is 0 Å². The van der Waals surface area contributed by atoms with Crippen molar-refractivity contribution < 1.29 is 0 Å². The minimum Gasteiger partial charge on any atom is -0.357 e. The van der Waals surface area contributed by atoms with Gasteiger partial charge < -0.3 is 15.3 Å². The number of nitrogens with two attached hydrogens (primary N) is 1. The van der Waals surface area contributed by atoms with E-state index in [4.69, 9.17) is 5.73 Å². The predicted octanol–water partition coefficient (Wildman–Crippen LogP) is 1.22. The molecular formula is C11H16N4. The number of nitrogens with zero attached hydrogens (tertiary/aromatic N) is 2. The van der Waals surface area contributed by atoms with E-state index in [1.54, 1.807) is 0 Å². The molecule has 0 unspecified atom stereocenters. The lowest BCUT2D eigenvalue weighted by molar-refractivity contribution is 0.924. The van der Waals surface area contributed by atoms with Crippen LogP contribution in [0.2, 0.25) is 0 Å². The number of aromatic nitrogens is 3. The number of imidazole rings is 1. The third kappa shape index (κ3) is 1.94. The fourth-order valence-electron chi connectivity index (χ4n) is 1.75. The highest BCUT2D eigenvalue weighted by molar-refractivity contribution is 5.61. The number of rotatable bonds is 3. The first-order valence-electron chi connectivity index (χ1n) is 5.08. The molecule has 0 radical (unpaired) electrons. The van der Waals surface area contributed by atoms with E-state index >= 15 is 0 Å². The summed E-state index contributed by atoms with van der Waals surface area (Å²) in [4.78, 5) is 7.74. The number of aromatic amines is 1. The van der Waals surface area contributed by atoms with Crippen LogP contribution in [0, 0.1) is 6.92 Å². The van der Waals surface area contributed by atoms with Crippen LogP contribution in [0.5, 0.6) is 0 Å². The number of hydrogen-bond acceptors (Lipinski definition) is 2. The molecule has 0 bridgehead atoms. The van der Waals surface area contributed by atoms with Gasteiger partial charge in [0, 0.05) is 37.1 Å². The van der Waals surface area contributed by atoms with Gasteiger partial charge in [0.15, 0.2) is 0 Å². The molecule has 0 aliphatic rings. The molecule has 2 rings (SSSR count). The molecule has 2 heterocycles. The third-order valence-electron chi connectivity index (χ3n) is 2.40. The van der Waals surface area contributed by atoms with Crippen molar-refractivity contribution in [2.24, 2.45) is 12.8 Å². The Bertz CT molecular complexity index is 453. The van der Waals surface area contributed by atoms with E-state index in [0.717, 1.165) is 29.2 Å². The van der Waals surface area contributed by atoms with Crippen molar-refractivity contribution in [3.8, 4) is 11.3 Å². The fraction of sp³-hybridized carbons (Fsp3) is 0.364. The van der Waals surface area contributed by atoms with Crippen molar-refractivity contribution in [3.05, 3.63) is 30.0 Å². The quantitative estimate of drug-likeness (QED) is 0.789. The molecule has 0 saturated heterocycles. The van der Waals surface area contributed by atoms with Gasteiger partial charge in [0.2, 0.25) is 0 Å². The molecule has 0 aliphatic carbocycles. The first-order valence-corrected chi connectivity index (χ1v) is 5.08. The Labute approximate surface area is 89.1 Å². The van der Waals surface area contributed by atoms with Gasteiger partial charge >= 0.3 is 0 Å². The standard InChI is InChI=1S/C11H16N4/c1-8-13-10(3-5-12)11(14-8)9-4-6-15(2)7-9/h4,6-7H,3,5,12H2,1-2H3,(H,13,14). The van der Waals surface area contributed by atoms with Gasteiger partial charge in [-0.05, 0) is 19.5 Å². The lowest BCUT2D eigenvalue weighted by Crippen LogP contribution is -2.03. The normalized spacial score (nSPS) is 10.9. The van der Waals surface area contributed by atoms with Gasteiger partial charge in [0.05, 0.1) is 5.69 Å². The predicted molar refractivity (Wildman–Crippen MR) is 60.5 cm³/mol. The second kappa shape index (κ2) is 3.90. The average molecular weight is 204 g/mol. The monoisotopic (exact) mass is 204 g/mol. The molecule has 80 valence electrons. The van der Waals surface area contributed by atoms with Crippen LogP contribution in [-0.4, -0.2) is 21.1 Å². The maximum absolute atomic E-state index is 5.57. The zero-order valence-electron chi connectivity index (χ0n) is 9.12. The molecule has 0 spiro atoms. The molecule has 4 nitrogen and oxygen atoms in total. The first kappa shape index (κ1) is 9.98. The lowest BCUT2D eigenvalue weighted by Gasteiger charge is -1.97. The Balaban J connectivity index is 2.42. The molecule has 0 saturated carbocycles. The number of aryl methyl sites for hydroxylation is 2. The smallest absolute Gasteiger partial charge is 0.103 e. The molecule has 2 aromatic heterocycles. The number of nitrogens with one attached hydrogen (secondary N) is 1. The Morgan fingerprint density at radius 1 is 1.53 bits per heavy atom. The van der Waals surface area contributed by atoms with Crippen molar-refractivity contribution >= 4 is 0 Å². The molecule has 0 atom stereocenters. The van der Waals surface area contributed by atoms with Crippen molar-refractivity contribution in [1.82, 2.24) is 14.5 Å². The molecule has 2 aromatic rings. The maximum Gasteiger partial charge on any atom is 0.103 e. The van der Waals surface area contributed by atoms with Crippen LogP contribution in [0.25, 0.3) is 11.3 Å². The minimum atomic E-state index is 0.640. The highest BCUT2D eigenvalue weighted by Crippen LogP contribution is 2.21. The van der Waals surface area contributed by atoms with Crippen LogP contribution in [0.1, 0.15) is 11.5 Å². The number of H-pyrrole nitrogens is 1. The molecule has 0 aliphatic heterocycles. The highest BCUT2D eigenvalue weighted by atomic mass is 14.9.